The third-order valence-electron chi connectivity index (χ3n) is 6.51. The second kappa shape index (κ2) is 7.33. The zero-order valence-corrected chi connectivity index (χ0v) is 17.6. The molecule has 4 N–H and O–H groups in total. The minimum absolute atomic E-state index is 0.0965. The Kier molecular flexibility index (Phi) is 4.58. The van der Waals surface area contributed by atoms with Crippen LogP contribution in [0.15, 0.2) is 24.8 Å². The Morgan fingerprint density at radius 3 is 2.81 bits per heavy atom. The first-order valence-electron chi connectivity index (χ1n) is 10.6. The number of primary amides is 1. The zero-order chi connectivity index (χ0) is 22.5. The lowest BCUT2D eigenvalue weighted by Crippen LogP contribution is -2.36. The number of aromatic nitrogens is 5. The van der Waals surface area contributed by atoms with Crippen LogP contribution >= 0.6 is 0 Å². The third kappa shape index (κ3) is 3.15. The quantitative estimate of drug-likeness (QED) is 0.526. The normalized spacial score (nSPS) is 21.4. The summed E-state index contributed by atoms with van der Waals surface area (Å²) in [6.45, 7) is 3.08. The molecule has 1 aliphatic carbocycles. The number of hydrogen-bond donors (Lipinski definition) is 3. The number of nitrogens with two attached hydrogens (primary N) is 1. The zero-order valence-electron chi connectivity index (χ0n) is 17.6. The summed E-state index contributed by atoms with van der Waals surface area (Å²) in [6.07, 6.45) is 8.63. The summed E-state index contributed by atoms with van der Waals surface area (Å²) in [5.74, 6) is -0.553. The molecule has 164 valence electrons. The van der Waals surface area contributed by atoms with Gasteiger partial charge in [-0.3, -0.25) is 14.7 Å². The summed E-state index contributed by atoms with van der Waals surface area (Å²) in [5, 5.41) is 23.9. The number of carbonyl (C=O) groups is 2. The molecule has 0 bridgehead atoms. The summed E-state index contributed by atoms with van der Waals surface area (Å²) < 4.78 is 1.59. The maximum Gasteiger partial charge on any atom is 0.252 e. The topological polar surface area (TPSA) is 158 Å². The number of rotatable bonds is 6. The monoisotopic (exact) mass is 433 g/mol. The number of carbonyl (C=O) groups excluding carboxylic acids is 2. The number of nitrogens with zero attached hydrogens (tertiary/aromatic N) is 6. The van der Waals surface area contributed by atoms with Crippen LogP contribution in [0.3, 0.4) is 0 Å². The van der Waals surface area contributed by atoms with E-state index in [0.717, 1.165) is 12.0 Å². The van der Waals surface area contributed by atoms with Gasteiger partial charge in [-0.15, -0.1) is 0 Å². The van der Waals surface area contributed by atoms with E-state index in [9.17, 15) is 14.9 Å². The first-order valence-corrected chi connectivity index (χ1v) is 10.6. The van der Waals surface area contributed by atoms with Crippen molar-refractivity contribution in [2.24, 2.45) is 17.1 Å². The number of H-pyrrole nitrogens is 1. The van der Waals surface area contributed by atoms with Gasteiger partial charge in [0.1, 0.15) is 5.41 Å². The third-order valence-corrected chi connectivity index (χ3v) is 6.51. The molecule has 1 aliphatic heterocycles. The molecule has 4 heterocycles. The van der Waals surface area contributed by atoms with E-state index in [0.29, 0.717) is 43.0 Å². The van der Waals surface area contributed by atoms with Crippen LogP contribution in [0.2, 0.25) is 0 Å². The van der Waals surface area contributed by atoms with E-state index >= 15 is 0 Å². The molecule has 0 spiro atoms. The van der Waals surface area contributed by atoms with Gasteiger partial charge in [0.25, 0.3) is 5.91 Å². The highest BCUT2D eigenvalue weighted by Crippen LogP contribution is 2.47. The molecule has 1 saturated heterocycles. The minimum atomic E-state index is -0.849. The molecule has 2 atom stereocenters. The van der Waals surface area contributed by atoms with Crippen molar-refractivity contribution in [3.8, 4) is 17.3 Å². The summed E-state index contributed by atoms with van der Waals surface area (Å²) in [7, 11) is 0. The molecule has 11 nitrogen and oxygen atoms in total. The molecule has 2 amide bonds. The van der Waals surface area contributed by atoms with Crippen molar-refractivity contribution in [1.29, 1.82) is 5.26 Å². The smallest absolute Gasteiger partial charge is 0.252 e. The molecule has 0 radical (unpaired) electrons. The molecular weight excluding hydrogens is 410 g/mol. The van der Waals surface area contributed by atoms with E-state index in [4.69, 9.17) is 5.73 Å². The number of hydrogen-bond acceptors (Lipinski definition) is 7. The Balaban J connectivity index is 1.49. The van der Waals surface area contributed by atoms with E-state index in [-0.39, 0.29) is 23.4 Å². The highest BCUT2D eigenvalue weighted by atomic mass is 16.2. The Hall–Kier alpha value is -3.94. The second-order valence-electron chi connectivity index (χ2n) is 8.50. The fourth-order valence-electron chi connectivity index (χ4n) is 4.39. The number of amides is 2. The number of likely N-dealkylation sites (tertiary alicyclic amines) is 1. The maximum absolute atomic E-state index is 12.9. The number of aromatic amines is 1. The lowest BCUT2D eigenvalue weighted by Gasteiger charge is -2.21. The lowest BCUT2D eigenvalue weighted by atomic mass is 10.0. The van der Waals surface area contributed by atoms with Gasteiger partial charge in [-0.1, -0.05) is 6.92 Å². The summed E-state index contributed by atoms with van der Waals surface area (Å²) >= 11 is 0. The number of nitrogens with one attached hydrogen (secondary N) is 2. The van der Waals surface area contributed by atoms with Crippen molar-refractivity contribution >= 4 is 23.1 Å². The van der Waals surface area contributed by atoms with E-state index in [2.05, 4.69) is 38.6 Å². The van der Waals surface area contributed by atoms with Gasteiger partial charge in [-0.05, 0) is 25.2 Å². The fraction of sp³-hybridized carbons (Fsp3) is 0.429. The van der Waals surface area contributed by atoms with Crippen molar-refractivity contribution in [2.45, 2.75) is 32.2 Å². The number of fused-ring (bicyclic) bond motifs is 1. The highest BCUT2D eigenvalue weighted by molar-refractivity contribution is 6.01. The first kappa shape index (κ1) is 20.0. The van der Waals surface area contributed by atoms with E-state index in [1.807, 2.05) is 0 Å². The Morgan fingerprint density at radius 1 is 1.38 bits per heavy atom. The Labute approximate surface area is 183 Å². The predicted octanol–water partition coefficient (Wildman–Crippen LogP) is 1.17. The molecule has 11 heteroatoms. The number of anilines is 1. The molecule has 32 heavy (non-hydrogen) atoms. The SMILES string of the molecule is CC[C@@H]1CN(C(=O)C2(C#N)CC2)C[C@H]1Nc1c(C(N)=O)cnn2cc(-c3cn[nH]c3)nc12. The van der Waals surface area contributed by atoms with Gasteiger partial charge in [0.05, 0.1) is 41.6 Å². The second-order valence-corrected chi connectivity index (χ2v) is 8.50. The standard InChI is InChI=1S/C21H23N9O2/c1-2-12-8-29(20(32)21(11-22)3-4-21)9-15(12)27-17-14(18(23)31)7-26-30-10-16(28-19(17)30)13-5-24-25-6-13/h5-7,10,12,15,27H,2-4,8-9H2,1H3,(H2,23,31)(H,24,25)/t12-,15-/m1/s1. The van der Waals surface area contributed by atoms with Crippen LogP contribution in [0.1, 0.15) is 36.5 Å². The lowest BCUT2D eigenvalue weighted by molar-refractivity contribution is -0.134. The Bertz CT molecular complexity index is 1240. The van der Waals surface area contributed by atoms with Crippen molar-refractivity contribution in [3.05, 3.63) is 30.4 Å². The van der Waals surface area contributed by atoms with Crippen LogP contribution in [0.5, 0.6) is 0 Å². The van der Waals surface area contributed by atoms with Crippen molar-refractivity contribution in [1.82, 2.24) is 29.7 Å². The van der Waals surface area contributed by atoms with Gasteiger partial charge in [-0.2, -0.15) is 15.5 Å². The van der Waals surface area contributed by atoms with Gasteiger partial charge in [-0.25, -0.2) is 9.50 Å². The fourth-order valence-corrected chi connectivity index (χ4v) is 4.39. The molecule has 0 unspecified atom stereocenters. The minimum Gasteiger partial charge on any atom is -0.376 e. The van der Waals surface area contributed by atoms with Crippen LogP contribution in [0, 0.1) is 22.7 Å². The molecule has 2 aliphatic rings. The number of nitriles is 1. The largest absolute Gasteiger partial charge is 0.376 e. The van der Waals surface area contributed by atoms with Gasteiger partial charge in [0.2, 0.25) is 5.91 Å². The van der Waals surface area contributed by atoms with Crippen LogP contribution < -0.4 is 11.1 Å². The van der Waals surface area contributed by atoms with Crippen molar-refractivity contribution in [2.75, 3.05) is 18.4 Å². The summed E-state index contributed by atoms with van der Waals surface area (Å²) in [5.41, 5.74) is 7.41. The Morgan fingerprint density at radius 2 is 2.19 bits per heavy atom. The van der Waals surface area contributed by atoms with Gasteiger partial charge < -0.3 is 16.0 Å². The highest BCUT2D eigenvalue weighted by Gasteiger charge is 2.54. The molecule has 3 aromatic heterocycles. The molecule has 2 fully saturated rings. The predicted molar refractivity (Wildman–Crippen MR) is 114 cm³/mol. The van der Waals surface area contributed by atoms with E-state index in [1.165, 1.54) is 6.20 Å². The van der Waals surface area contributed by atoms with Crippen molar-refractivity contribution < 1.29 is 9.59 Å². The summed E-state index contributed by atoms with van der Waals surface area (Å²) in [4.78, 5) is 31.5. The molecular formula is C21H23N9O2. The van der Waals surface area contributed by atoms with E-state index < -0.39 is 11.3 Å². The average Bonchev–Trinajstić information content (AvgIpc) is 3.16. The average molecular weight is 433 g/mol. The summed E-state index contributed by atoms with van der Waals surface area (Å²) in [6, 6.07) is 2.07. The maximum atomic E-state index is 12.9. The van der Waals surface area contributed by atoms with Crippen LogP contribution in [0.4, 0.5) is 5.69 Å². The van der Waals surface area contributed by atoms with Gasteiger partial charge >= 0.3 is 0 Å². The van der Waals surface area contributed by atoms with E-state index in [1.54, 1.807) is 28.0 Å². The van der Waals surface area contributed by atoms with Crippen LogP contribution in [0.25, 0.3) is 16.9 Å². The molecule has 5 rings (SSSR count). The van der Waals surface area contributed by atoms with Crippen LogP contribution in [-0.2, 0) is 4.79 Å². The van der Waals surface area contributed by atoms with Crippen LogP contribution in [-0.4, -0.2) is 60.6 Å². The van der Waals surface area contributed by atoms with Crippen molar-refractivity contribution in [3.63, 3.8) is 0 Å². The molecule has 3 aromatic rings. The van der Waals surface area contributed by atoms with Gasteiger partial charge in [0, 0.05) is 30.9 Å². The van der Waals surface area contributed by atoms with Gasteiger partial charge in [0.15, 0.2) is 5.65 Å². The molecule has 1 saturated carbocycles. The number of imidazole rings is 1. The first-order chi connectivity index (χ1) is 15.5. The molecule has 0 aromatic carbocycles.